The first-order valence-electron chi connectivity index (χ1n) is 5.38. The lowest BCUT2D eigenvalue weighted by molar-refractivity contribution is -0.147. The van der Waals surface area contributed by atoms with Crippen LogP contribution in [0, 0.1) is 0 Å². The van der Waals surface area contributed by atoms with Gasteiger partial charge in [0.2, 0.25) is 0 Å². The van der Waals surface area contributed by atoms with Crippen LogP contribution in [0.5, 0.6) is 0 Å². The van der Waals surface area contributed by atoms with Gasteiger partial charge in [-0.1, -0.05) is 11.8 Å². The maximum Gasteiger partial charge on any atom is 0.302 e. The molecule has 2 saturated heterocycles. The van der Waals surface area contributed by atoms with E-state index in [-0.39, 0.29) is 17.5 Å². The van der Waals surface area contributed by atoms with Crippen LogP contribution < -0.4 is 5.32 Å². The van der Waals surface area contributed by atoms with Crippen molar-refractivity contribution in [2.75, 3.05) is 13.7 Å². The molecule has 2 fully saturated rings. The van der Waals surface area contributed by atoms with Crippen LogP contribution in [-0.2, 0) is 14.3 Å². The summed E-state index contributed by atoms with van der Waals surface area (Å²) in [5.41, 5.74) is 0.105. The number of fused-ring (bicyclic) bond motifs is 1. The summed E-state index contributed by atoms with van der Waals surface area (Å²) in [6.45, 7) is 1.77. The van der Waals surface area contributed by atoms with Crippen molar-refractivity contribution in [2.24, 2.45) is 4.99 Å². The van der Waals surface area contributed by atoms with Gasteiger partial charge in [-0.15, -0.1) is 0 Å². The third kappa shape index (κ3) is 2.68. The van der Waals surface area contributed by atoms with E-state index in [1.807, 2.05) is 0 Å². The summed E-state index contributed by atoms with van der Waals surface area (Å²) >= 11 is 1.61. The molecule has 0 aromatic rings. The van der Waals surface area contributed by atoms with E-state index in [0.717, 1.165) is 18.0 Å². The molecule has 90 valence electrons. The van der Waals surface area contributed by atoms with Gasteiger partial charge in [0.05, 0.1) is 12.1 Å². The summed E-state index contributed by atoms with van der Waals surface area (Å²) in [4.78, 5) is 14.8. The molecule has 0 aliphatic carbocycles. The Morgan fingerprint density at radius 2 is 2.50 bits per heavy atom. The number of nitrogens with zero attached hydrogens (tertiary/aromatic N) is 1. The van der Waals surface area contributed by atoms with Crippen molar-refractivity contribution in [3.05, 3.63) is 0 Å². The number of carbonyl (C=O) groups excluding carboxylic acids is 1. The van der Waals surface area contributed by atoms with Crippen molar-refractivity contribution in [1.82, 2.24) is 5.32 Å². The molecule has 0 aromatic carbocycles. The van der Waals surface area contributed by atoms with Gasteiger partial charge in [0.25, 0.3) is 0 Å². The Kier molecular flexibility index (Phi) is 3.70. The van der Waals surface area contributed by atoms with Crippen LogP contribution in [0.15, 0.2) is 4.99 Å². The van der Waals surface area contributed by atoms with Gasteiger partial charge in [-0.3, -0.25) is 9.79 Å². The van der Waals surface area contributed by atoms with E-state index in [1.165, 1.54) is 6.92 Å². The summed E-state index contributed by atoms with van der Waals surface area (Å²) in [6.07, 6.45) is 1.97. The molecule has 0 radical (unpaired) electrons. The molecule has 16 heavy (non-hydrogen) atoms. The van der Waals surface area contributed by atoms with Crippen molar-refractivity contribution in [2.45, 2.75) is 37.3 Å². The Morgan fingerprint density at radius 3 is 3.19 bits per heavy atom. The molecule has 6 heteroatoms. The van der Waals surface area contributed by atoms with E-state index >= 15 is 0 Å². The number of rotatable bonds is 2. The molecule has 3 atom stereocenters. The Labute approximate surface area is 99.0 Å². The third-order valence-electron chi connectivity index (χ3n) is 2.67. The van der Waals surface area contributed by atoms with Crippen molar-refractivity contribution in [1.29, 1.82) is 0 Å². The second-order valence-corrected chi connectivity index (χ2v) is 4.99. The number of hydrogen-bond donors (Lipinski definition) is 1. The molecule has 1 N–H and O–H groups in total. The van der Waals surface area contributed by atoms with Gasteiger partial charge in [0.1, 0.15) is 12.0 Å². The summed E-state index contributed by atoms with van der Waals surface area (Å²) in [5, 5.41) is 4.24. The molecule has 2 unspecified atom stereocenters. The average Bonchev–Trinajstić information content (AvgIpc) is 2.68. The maximum atomic E-state index is 10.7. The van der Waals surface area contributed by atoms with Crippen LogP contribution in [-0.4, -0.2) is 42.4 Å². The van der Waals surface area contributed by atoms with Gasteiger partial charge in [0.15, 0.2) is 5.17 Å². The van der Waals surface area contributed by atoms with E-state index in [9.17, 15) is 4.79 Å². The minimum absolute atomic E-state index is 0.0238. The average molecular weight is 244 g/mol. The highest BCUT2D eigenvalue weighted by Crippen LogP contribution is 2.33. The second kappa shape index (κ2) is 5.05. The number of thioether (sulfide) groups is 1. The van der Waals surface area contributed by atoms with E-state index in [1.54, 1.807) is 18.8 Å². The molecule has 2 rings (SSSR count). The fourth-order valence-corrected chi connectivity index (χ4v) is 2.98. The quantitative estimate of drug-likeness (QED) is 0.726. The number of amidine groups is 1. The first kappa shape index (κ1) is 11.7. The van der Waals surface area contributed by atoms with Crippen LogP contribution >= 0.6 is 11.8 Å². The molecule has 5 nitrogen and oxygen atoms in total. The molecular weight excluding hydrogens is 228 g/mol. The van der Waals surface area contributed by atoms with E-state index in [0.29, 0.717) is 12.6 Å². The zero-order valence-electron chi connectivity index (χ0n) is 9.43. The predicted molar refractivity (Wildman–Crippen MR) is 62.4 cm³/mol. The number of ether oxygens (including phenoxy) is 2. The first-order chi connectivity index (χ1) is 7.69. The highest BCUT2D eigenvalue weighted by molar-refractivity contribution is 8.14. The van der Waals surface area contributed by atoms with Crippen LogP contribution in [0.1, 0.15) is 19.8 Å². The molecule has 2 aliphatic heterocycles. The first-order valence-corrected chi connectivity index (χ1v) is 6.26. The summed E-state index contributed by atoms with van der Waals surface area (Å²) in [5.74, 6) is -0.251. The van der Waals surface area contributed by atoms with E-state index < -0.39 is 0 Å². The van der Waals surface area contributed by atoms with Crippen molar-refractivity contribution >= 4 is 22.9 Å². The van der Waals surface area contributed by atoms with E-state index in [2.05, 4.69) is 10.3 Å². The molecular formula is C10H16N2O3S. The second-order valence-electron chi connectivity index (χ2n) is 3.90. The molecule has 0 saturated carbocycles. The van der Waals surface area contributed by atoms with Crippen molar-refractivity contribution in [3.8, 4) is 0 Å². The van der Waals surface area contributed by atoms with Crippen LogP contribution in [0.4, 0.5) is 0 Å². The number of nitrogens with one attached hydrogen (secondary N) is 1. The lowest BCUT2D eigenvalue weighted by Gasteiger charge is -2.30. The molecule has 0 bridgehead atoms. The Morgan fingerprint density at radius 1 is 1.69 bits per heavy atom. The molecule has 2 heterocycles. The topological polar surface area (TPSA) is 59.9 Å². The summed E-state index contributed by atoms with van der Waals surface area (Å²) in [7, 11) is 1.77. The highest BCUT2D eigenvalue weighted by atomic mass is 32.2. The standard InChI is InChI=1S/C10H16N2O3S/c1-6(13)14-5-7-3-4-8-9(15-7)16-10(11-2)12-8/h7-9H,3-5H2,1-2H3,(H,11,12)/t7-,8?,9?/m1/s1. The predicted octanol–water partition coefficient (Wildman–Crippen LogP) is 0.745. The van der Waals surface area contributed by atoms with Gasteiger partial charge < -0.3 is 14.8 Å². The molecule has 0 amide bonds. The minimum atomic E-state index is -0.251. The third-order valence-corrected chi connectivity index (χ3v) is 3.86. The van der Waals surface area contributed by atoms with E-state index in [4.69, 9.17) is 9.47 Å². The lowest BCUT2D eigenvalue weighted by Crippen LogP contribution is -2.41. The minimum Gasteiger partial charge on any atom is -0.463 e. The number of carbonyl (C=O) groups is 1. The van der Waals surface area contributed by atoms with Gasteiger partial charge in [-0.25, -0.2) is 0 Å². The molecule has 0 spiro atoms. The Bertz CT molecular complexity index is 308. The molecule has 2 aliphatic rings. The summed E-state index contributed by atoms with van der Waals surface area (Å²) in [6, 6.07) is 0.345. The van der Waals surface area contributed by atoms with Gasteiger partial charge in [-0.05, 0) is 12.8 Å². The fraction of sp³-hybridized carbons (Fsp3) is 0.800. The maximum absolute atomic E-state index is 10.7. The monoisotopic (exact) mass is 244 g/mol. The van der Waals surface area contributed by atoms with Gasteiger partial charge in [-0.2, -0.15) is 0 Å². The van der Waals surface area contributed by atoms with Crippen molar-refractivity contribution < 1.29 is 14.3 Å². The van der Waals surface area contributed by atoms with Crippen LogP contribution in [0.2, 0.25) is 0 Å². The number of aliphatic imine (C=N–C) groups is 1. The van der Waals surface area contributed by atoms with Gasteiger partial charge in [0, 0.05) is 14.0 Å². The van der Waals surface area contributed by atoms with Crippen molar-refractivity contribution in [3.63, 3.8) is 0 Å². The molecule has 0 aromatic heterocycles. The SMILES string of the molecule is CN=C1NC2CC[C@H](COC(C)=O)OC2S1. The largest absolute Gasteiger partial charge is 0.463 e. The fourth-order valence-electron chi connectivity index (χ4n) is 1.86. The lowest BCUT2D eigenvalue weighted by atomic mass is 10.1. The van der Waals surface area contributed by atoms with Gasteiger partial charge >= 0.3 is 5.97 Å². The zero-order valence-corrected chi connectivity index (χ0v) is 10.3. The summed E-state index contributed by atoms with van der Waals surface area (Å²) < 4.78 is 10.8. The normalized spacial score (nSPS) is 35.6. The zero-order chi connectivity index (χ0) is 11.5. The highest BCUT2D eigenvalue weighted by Gasteiger charge is 2.38. The number of hydrogen-bond acceptors (Lipinski definition) is 5. The number of esters is 1. The smallest absolute Gasteiger partial charge is 0.302 e. The van der Waals surface area contributed by atoms with Crippen LogP contribution in [0.25, 0.3) is 0 Å². The van der Waals surface area contributed by atoms with Crippen LogP contribution in [0.3, 0.4) is 0 Å². The Balaban J connectivity index is 1.84. The Hall–Kier alpha value is -0.750.